The van der Waals surface area contributed by atoms with Crippen LogP contribution in [0.15, 0.2) is 12.1 Å². The SMILES string of the molecule is O=C(NC1CCCCNC1)c1cc(F)c(F)cc1[N+](=O)[O-]. The van der Waals surface area contributed by atoms with Crippen molar-refractivity contribution in [1.82, 2.24) is 10.6 Å². The van der Waals surface area contributed by atoms with Crippen LogP contribution < -0.4 is 10.6 Å². The lowest BCUT2D eigenvalue weighted by Gasteiger charge is -2.16. The maximum Gasteiger partial charge on any atom is 0.285 e. The number of nitrogens with zero attached hydrogens (tertiary/aromatic N) is 1. The molecule has 0 saturated carbocycles. The summed E-state index contributed by atoms with van der Waals surface area (Å²) in [4.78, 5) is 22.0. The number of benzene rings is 1. The van der Waals surface area contributed by atoms with E-state index in [0.29, 0.717) is 18.7 Å². The van der Waals surface area contributed by atoms with Crippen molar-refractivity contribution in [3.63, 3.8) is 0 Å². The molecule has 0 aliphatic carbocycles. The molecule has 8 heteroatoms. The number of carbonyl (C=O) groups is 1. The van der Waals surface area contributed by atoms with Crippen molar-refractivity contribution >= 4 is 11.6 Å². The molecule has 1 heterocycles. The summed E-state index contributed by atoms with van der Waals surface area (Å²) in [5.74, 6) is -3.41. The molecule has 1 amide bonds. The normalized spacial score (nSPS) is 18.9. The minimum absolute atomic E-state index is 0.187. The van der Waals surface area contributed by atoms with Gasteiger partial charge >= 0.3 is 0 Å². The minimum Gasteiger partial charge on any atom is -0.348 e. The second kappa shape index (κ2) is 6.57. The summed E-state index contributed by atoms with van der Waals surface area (Å²) in [6.45, 7) is 1.39. The molecule has 21 heavy (non-hydrogen) atoms. The topological polar surface area (TPSA) is 84.3 Å². The summed E-state index contributed by atoms with van der Waals surface area (Å²) in [6.07, 6.45) is 2.63. The van der Waals surface area contributed by atoms with E-state index >= 15 is 0 Å². The van der Waals surface area contributed by atoms with Crippen LogP contribution in [0.1, 0.15) is 29.6 Å². The highest BCUT2D eigenvalue weighted by atomic mass is 19.2. The highest BCUT2D eigenvalue weighted by molar-refractivity contribution is 5.98. The molecule has 1 aromatic rings. The summed E-state index contributed by atoms with van der Waals surface area (Å²) in [6, 6.07) is 0.801. The predicted molar refractivity (Wildman–Crippen MR) is 71.0 cm³/mol. The van der Waals surface area contributed by atoms with E-state index in [9.17, 15) is 23.7 Å². The van der Waals surface area contributed by atoms with Gasteiger partial charge in [0.05, 0.1) is 11.0 Å². The molecular weight excluding hydrogens is 284 g/mol. The van der Waals surface area contributed by atoms with Crippen molar-refractivity contribution < 1.29 is 18.5 Å². The van der Waals surface area contributed by atoms with Gasteiger partial charge in [0, 0.05) is 12.6 Å². The quantitative estimate of drug-likeness (QED) is 0.658. The van der Waals surface area contributed by atoms with Crippen LogP contribution in [0.25, 0.3) is 0 Å². The number of carbonyl (C=O) groups excluding carboxylic acids is 1. The van der Waals surface area contributed by atoms with Gasteiger partial charge in [-0.15, -0.1) is 0 Å². The van der Waals surface area contributed by atoms with Crippen molar-refractivity contribution in [2.24, 2.45) is 0 Å². The molecule has 0 spiro atoms. The van der Waals surface area contributed by atoms with E-state index in [1.54, 1.807) is 0 Å². The second-order valence-corrected chi connectivity index (χ2v) is 4.91. The standard InChI is InChI=1S/C13H15F2N3O3/c14-10-5-9(12(18(20)21)6-11(10)15)13(19)17-8-3-1-2-4-16-7-8/h5-6,8,16H,1-4,7H2,(H,17,19). The van der Waals surface area contributed by atoms with Gasteiger partial charge in [-0.3, -0.25) is 14.9 Å². The van der Waals surface area contributed by atoms with Crippen molar-refractivity contribution in [2.75, 3.05) is 13.1 Å². The van der Waals surface area contributed by atoms with Gasteiger partial charge in [-0.25, -0.2) is 8.78 Å². The summed E-state index contributed by atoms with van der Waals surface area (Å²) in [5.41, 5.74) is -1.21. The molecule has 1 aliphatic heterocycles. The smallest absolute Gasteiger partial charge is 0.285 e. The minimum atomic E-state index is -1.35. The summed E-state index contributed by atoms with van der Waals surface area (Å²) in [7, 11) is 0. The Morgan fingerprint density at radius 2 is 2.05 bits per heavy atom. The molecule has 1 atom stereocenters. The summed E-state index contributed by atoms with van der Waals surface area (Å²) >= 11 is 0. The average Bonchev–Trinajstić information content (AvgIpc) is 2.69. The molecular formula is C13H15F2N3O3. The Bertz CT molecular complexity index is 558. The Kier molecular flexibility index (Phi) is 4.79. The molecule has 2 N–H and O–H groups in total. The summed E-state index contributed by atoms with van der Waals surface area (Å²) in [5, 5.41) is 16.6. The van der Waals surface area contributed by atoms with Crippen LogP contribution in [-0.2, 0) is 0 Å². The number of hydrogen-bond donors (Lipinski definition) is 2. The van der Waals surface area contributed by atoms with Gasteiger partial charge < -0.3 is 10.6 Å². The fourth-order valence-corrected chi connectivity index (χ4v) is 2.27. The average molecular weight is 299 g/mol. The zero-order valence-corrected chi connectivity index (χ0v) is 11.2. The van der Waals surface area contributed by atoms with Crippen molar-refractivity contribution in [2.45, 2.75) is 25.3 Å². The van der Waals surface area contributed by atoms with Gasteiger partial charge in [-0.05, 0) is 25.5 Å². The van der Waals surface area contributed by atoms with E-state index in [0.717, 1.165) is 25.8 Å². The maximum atomic E-state index is 13.2. The number of rotatable bonds is 3. The van der Waals surface area contributed by atoms with Gasteiger partial charge in [0.2, 0.25) is 0 Å². The highest BCUT2D eigenvalue weighted by Crippen LogP contribution is 2.22. The molecule has 6 nitrogen and oxygen atoms in total. The first-order valence-electron chi connectivity index (χ1n) is 6.64. The van der Waals surface area contributed by atoms with Crippen LogP contribution >= 0.6 is 0 Å². The summed E-state index contributed by atoms with van der Waals surface area (Å²) < 4.78 is 26.3. The third kappa shape index (κ3) is 3.72. The third-order valence-electron chi connectivity index (χ3n) is 3.36. The molecule has 1 fully saturated rings. The molecule has 1 aliphatic rings. The van der Waals surface area contributed by atoms with Gasteiger partial charge in [-0.2, -0.15) is 0 Å². The molecule has 1 aromatic carbocycles. The zero-order valence-electron chi connectivity index (χ0n) is 11.2. The van der Waals surface area contributed by atoms with Crippen LogP contribution in [0, 0.1) is 21.7 Å². The maximum absolute atomic E-state index is 13.2. The fraction of sp³-hybridized carbons (Fsp3) is 0.462. The number of amides is 1. The first-order chi connectivity index (χ1) is 9.99. The Labute approximate surface area is 119 Å². The number of nitrogens with one attached hydrogen (secondary N) is 2. The molecule has 0 aromatic heterocycles. The van der Waals surface area contributed by atoms with Crippen molar-refractivity contribution in [1.29, 1.82) is 0 Å². The van der Waals surface area contributed by atoms with Gasteiger partial charge in [0.1, 0.15) is 5.56 Å². The van der Waals surface area contributed by atoms with E-state index in [-0.39, 0.29) is 6.04 Å². The molecule has 1 unspecified atom stereocenters. The Morgan fingerprint density at radius 1 is 1.33 bits per heavy atom. The van der Waals surface area contributed by atoms with Crippen LogP contribution in [0.3, 0.4) is 0 Å². The first kappa shape index (κ1) is 15.3. The molecule has 0 bridgehead atoms. The third-order valence-corrected chi connectivity index (χ3v) is 3.36. The van der Waals surface area contributed by atoms with E-state index < -0.39 is 33.7 Å². The van der Waals surface area contributed by atoms with E-state index in [4.69, 9.17) is 0 Å². The first-order valence-corrected chi connectivity index (χ1v) is 6.64. The Hall–Kier alpha value is -2.09. The number of nitro groups is 1. The van der Waals surface area contributed by atoms with Gasteiger partial charge in [-0.1, -0.05) is 6.42 Å². The lowest BCUT2D eigenvalue weighted by Crippen LogP contribution is -2.41. The Morgan fingerprint density at radius 3 is 2.76 bits per heavy atom. The molecule has 2 rings (SSSR count). The van der Waals surface area contributed by atoms with Crippen molar-refractivity contribution in [3.05, 3.63) is 39.4 Å². The number of halogens is 2. The predicted octanol–water partition coefficient (Wildman–Crippen LogP) is 1.74. The van der Waals surface area contributed by atoms with Crippen molar-refractivity contribution in [3.8, 4) is 0 Å². The molecule has 1 saturated heterocycles. The van der Waals surface area contributed by atoms with Crippen LogP contribution in [0.4, 0.5) is 14.5 Å². The monoisotopic (exact) mass is 299 g/mol. The van der Waals surface area contributed by atoms with E-state index in [1.165, 1.54) is 0 Å². The van der Waals surface area contributed by atoms with Gasteiger partial charge in [0.15, 0.2) is 11.6 Å². The van der Waals surface area contributed by atoms with Crippen LogP contribution in [-0.4, -0.2) is 30.0 Å². The number of nitro benzene ring substituents is 1. The number of hydrogen-bond acceptors (Lipinski definition) is 4. The molecule has 0 radical (unpaired) electrons. The fourth-order valence-electron chi connectivity index (χ4n) is 2.27. The second-order valence-electron chi connectivity index (χ2n) is 4.91. The lowest BCUT2D eigenvalue weighted by atomic mass is 10.1. The zero-order chi connectivity index (χ0) is 15.4. The van der Waals surface area contributed by atoms with Crippen LogP contribution in [0.2, 0.25) is 0 Å². The Balaban J connectivity index is 2.21. The van der Waals surface area contributed by atoms with E-state index in [1.807, 2.05) is 0 Å². The van der Waals surface area contributed by atoms with Crippen LogP contribution in [0.5, 0.6) is 0 Å². The van der Waals surface area contributed by atoms with Gasteiger partial charge in [0.25, 0.3) is 11.6 Å². The lowest BCUT2D eigenvalue weighted by molar-refractivity contribution is -0.385. The molecule has 114 valence electrons. The highest BCUT2D eigenvalue weighted by Gasteiger charge is 2.25. The van der Waals surface area contributed by atoms with E-state index in [2.05, 4.69) is 10.6 Å². The largest absolute Gasteiger partial charge is 0.348 e.